The highest BCUT2D eigenvalue weighted by Gasteiger charge is 2.49. The monoisotopic (exact) mass is 1420 g/mol. The topological polar surface area (TPSA) is 203 Å². The number of benzene rings is 6. The van der Waals surface area contributed by atoms with Gasteiger partial charge in [-0.05, 0) is 136 Å². The van der Waals surface area contributed by atoms with Crippen LogP contribution in [0.15, 0.2) is 170 Å². The number of nitriles is 1. The molecule has 3 aliphatic heterocycles. The van der Waals surface area contributed by atoms with Crippen LogP contribution in [-0.2, 0) is 33.3 Å². The third kappa shape index (κ3) is 14.9. The molecule has 1 saturated heterocycles. The Morgan fingerprint density at radius 2 is 1.09 bits per heavy atom. The fourth-order valence-electron chi connectivity index (χ4n) is 11.6. The van der Waals surface area contributed by atoms with Crippen LogP contribution in [0.4, 0.5) is 46.8 Å². The van der Waals surface area contributed by atoms with E-state index in [0.717, 1.165) is 55.9 Å². The molecule has 0 saturated carbocycles. The van der Waals surface area contributed by atoms with Crippen molar-refractivity contribution in [2.75, 3.05) is 42.5 Å². The molecule has 488 valence electrons. The maximum Gasteiger partial charge on any atom is 0.416 e. The highest BCUT2D eigenvalue weighted by molar-refractivity contribution is 14.2. The van der Waals surface area contributed by atoms with Crippen LogP contribution in [0.2, 0.25) is 0 Å². The molecule has 8 aromatic rings. The van der Waals surface area contributed by atoms with Gasteiger partial charge in [-0.2, -0.15) is 41.8 Å². The maximum absolute atomic E-state index is 14.4. The van der Waals surface area contributed by atoms with E-state index < -0.39 is 88.7 Å². The molecule has 1 fully saturated rings. The quantitative estimate of drug-likeness (QED) is 0.0170. The number of aromatic nitrogens is 4. The minimum Gasteiger partial charge on any atom is -0.347 e. The van der Waals surface area contributed by atoms with Gasteiger partial charge in [0.15, 0.2) is 6.19 Å². The number of likely N-dealkylation sites (N-methyl/N-ethyl adjacent to an activating group) is 2. The van der Waals surface area contributed by atoms with Crippen molar-refractivity contribution in [3.8, 4) is 17.6 Å². The van der Waals surface area contributed by atoms with Crippen molar-refractivity contribution in [1.82, 2.24) is 45.7 Å². The van der Waals surface area contributed by atoms with Crippen molar-refractivity contribution in [3.05, 3.63) is 237 Å². The Kier molecular flexibility index (Phi) is 21.8. The van der Waals surface area contributed by atoms with Gasteiger partial charge in [-0.25, -0.2) is 18.1 Å². The van der Waals surface area contributed by atoms with Gasteiger partial charge in [0.05, 0.1) is 46.5 Å². The Hall–Kier alpha value is -9.32. The molecule has 0 spiro atoms. The molecule has 94 heavy (non-hydrogen) atoms. The summed E-state index contributed by atoms with van der Waals surface area (Å²) in [5, 5.41) is 30.0. The number of carbonyl (C=O) groups is 5. The number of hydrogen-bond acceptors (Lipinski definition) is 10. The summed E-state index contributed by atoms with van der Waals surface area (Å²) in [5.74, 6) is -5.40. The summed E-state index contributed by atoms with van der Waals surface area (Å²) >= 11 is 2.07. The largest absolute Gasteiger partial charge is 0.416 e. The fraction of sp³-hybridized carbons (Fsp3) is 0.254. The Bertz CT molecular complexity index is 4130. The van der Waals surface area contributed by atoms with E-state index in [1.807, 2.05) is 18.3 Å². The number of halogens is 9. The van der Waals surface area contributed by atoms with E-state index in [1.165, 1.54) is 70.5 Å². The summed E-state index contributed by atoms with van der Waals surface area (Å²) in [6.07, 6.45) is -6.40. The van der Waals surface area contributed by atoms with Crippen molar-refractivity contribution >= 4 is 70.1 Å². The zero-order valence-corrected chi connectivity index (χ0v) is 54.0. The molecule has 2 aromatic heterocycles. The molecule has 5 heterocycles. The second-order valence-corrected chi connectivity index (χ2v) is 22.0. The van der Waals surface area contributed by atoms with E-state index in [2.05, 4.69) is 61.7 Å². The molecule has 3 aliphatic rings. The number of nitrogens with one attached hydrogen (secondary N) is 4. The number of amides is 5. The van der Waals surface area contributed by atoms with Crippen molar-refractivity contribution in [2.24, 2.45) is 0 Å². The highest BCUT2D eigenvalue weighted by atomic mass is 127. The average molecular weight is 1430 g/mol. The van der Waals surface area contributed by atoms with Crippen molar-refractivity contribution in [1.29, 1.82) is 5.26 Å². The van der Waals surface area contributed by atoms with Crippen LogP contribution < -0.4 is 31.1 Å². The maximum atomic E-state index is 14.4. The summed E-state index contributed by atoms with van der Waals surface area (Å²) < 4.78 is 112. The molecule has 27 heteroatoms. The van der Waals surface area contributed by atoms with Crippen LogP contribution in [0.5, 0.6) is 0 Å². The van der Waals surface area contributed by atoms with Gasteiger partial charge in [0.2, 0.25) is 5.91 Å². The number of fused-ring (bicyclic) bond motifs is 2. The first-order chi connectivity index (χ1) is 45.0. The van der Waals surface area contributed by atoms with Crippen LogP contribution in [0, 0.1) is 23.1 Å². The molecular weight excluding hydrogens is 1360 g/mol. The van der Waals surface area contributed by atoms with Gasteiger partial charge in [0.25, 0.3) is 23.6 Å². The first-order valence-electron chi connectivity index (χ1n) is 29.5. The fourth-order valence-corrected chi connectivity index (χ4v) is 11.6. The van der Waals surface area contributed by atoms with E-state index >= 15 is 0 Å². The molecule has 6 aromatic carbocycles. The van der Waals surface area contributed by atoms with Crippen LogP contribution in [0.25, 0.3) is 11.4 Å². The number of rotatable bonds is 17. The van der Waals surface area contributed by atoms with Gasteiger partial charge in [0, 0.05) is 59.3 Å². The smallest absolute Gasteiger partial charge is 0.347 e. The van der Waals surface area contributed by atoms with Crippen molar-refractivity contribution < 1.29 is 59.1 Å². The zero-order chi connectivity index (χ0) is 67.8. The summed E-state index contributed by atoms with van der Waals surface area (Å²) in [5.41, 5.74) is 1.70. The SMILES string of the molecule is C=C(CN1CCC1)C(=O)NCc1nn(-c2ccccc2)c2c1C(c1ccc(F)cc1)C(NC(=O)c1cccc(C(F)(F)F)c1)C(=O)N2CC.CCN1C(=O)C(NC(=O)c2cccc(C(F)(F)F)c2)C(c2ccc(F)cc2)c2c(C(C)NC#N)nn(-c3ccccc3)c21.PI. The predicted octanol–water partition coefficient (Wildman–Crippen LogP) is 11.9. The van der Waals surface area contributed by atoms with E-state index in [1.54, 1.807) is 78.7 Å². The van der Waals surface area contributed by atoms with Gasteiger partial charge in [-0.15, -0.1) is 0 Å². The van der Waals surface area contributed by atoms with Gasteiger partial charge in [0.1, 0.15) is 35.4 Å². The number of likely N-dealkylation sites (tertiary alicyclic amines) is 1. The molecule has 5 amide bonds. The van der Waals surface area contributed by atoms with E-state index in [9.17, 15) is 64.4 Å². The summed E-state index contributed by atoms with van der Waals surface area (Å²) in [6.45, 7) is 14.0. The molecule has 0 aliphatic carbocycles. The molecular formula is C67H62F8IN12O5P. The lowest BCUT2D eigenvalue weighted by molar-refractivity contribution is -0.138. The van der Waals surface area contributed by atoms with Crippen LogP contribution in [0.1, 0.15) is 111 Å². The molecule has 0 radical (unpaired) electrons. The van der Waals surface area contributed by atoms with Crippen molar-refractivity contribution in [2.45, 2.75) is 76.1 Å². The summed E-state index contributed by atoms with van der Waals surface area (Å²) in [7, 11) is 0. The minimum absolute atomic E-state index is 0.0717. The first-order valence-corrected chi connectivity index (χ1v) is 33.7. The lowest BCUT2D eigenvalue weighted by Crippen LogP contribution is -2.55. The van der Waals surface area contributed by atoms with Crippen LogP contribution in [-0.4, -0.2) is 98.8 Å². The van der Waals surface area contributed by atoms with E-state index in [0.29, 0.717) is 68.8 Å². The second kappa shape index (κ2) is 29.7. The molecule has 6 unspecified atom stereocenters. The number of nitrogens with zero attached hydrogens (tertiary/aromatic N) is 8. The number of hydrogen-bond donors (Lipinski definition) is 4. The third-order valence-corrected chi connectivity index (χ3v) is 16.1. The van der Waals surface area contributed by atoms with E-state index in [-0.39, 0.29) is 36.7 Å². The minimum atomic E-state index is -4.69. The summed E-state index contributed by atoms with van der Waals surface area (Å²) in [6, 6.07) is 33.4. The molecule has 0 bridgehead atoms. The number of para-hydroxylation sites is 2. The standard InChI is InChI=1S/C36H34F4N6O3.C31H26F4N6O2.H2IP/c1-3-45-34-30(28(43-46(34)27-11-5-4-6-12-27)20-41-32(47)22(2)21-44-17-8-18-44)29(23-13-15-26(37)16-14-23)31(35(45)49)42-33(48)24-9-7-10-25(19-24)36(38,39)40;1-3-40-29-25(26(18(2)37-17-36)39-41(29)23-10-5-4-6-11-23)24(19-12-14-22(32)15-13-19)27(30(40)43)38-28(42)20-8-7-9-21(16-20)31(33,34)35;1-2/h4-7,9-16,19,29,31H,2-3,8,17-18,20-21H2,1H3,(H,41,47)(H,42,48);4-16,18,24,27,37H,3H2,1-2H3,(H,38,42);2H2. The molecule has 4 N–H and O–H groups in total. The molecule has 6 atom stereocenters. The first kappa shape index (κ1) is 69.0. The molecule has 11 rings (SSSR count). The van der Waals surface area contributed by atoms with Gasteiger partial charge in [-0.3, -0.25) is 38.7 Å². The normalized spacial score (nSPS) is 17.1. The van der Waals surface area contributed by atoms with Crippen LogP contribution >= 0.6 is 28.9 Å². The number of alkyl halides is 6. The zero-order valence-electron chi connectivity index (χ0n) is 50.7. The third-order valence-electron chi connectivity index (χ3n) is 16.1. The van der Waals surface area contributed by atoms with Gasteiger partial charge < -0.3 is 21.3 Å². The van der Waals surface area contributed by atoms with Crippen LogP contribution in [0.3, 0.4) is 0 Å². The highest BCUT2D eigenvalue weighted by Crippen LogP contribution is 2.47. The van der Waals surface area contributed by atoms with E-state index in [4.69, 9.17) is 10.2 Å². The average Bonchev–Trinajstić information content (AvgIpc) is 1.53. The van der Waals surface area contributed by atoms with Crippen molar-refractivity contribution in [3.63, 3.8) is 0 Å². The second-order valence-electron chi connectivity index (χ2n) is 22.0. The Labute approximate surface area is 550 Å². The number of carbonyl (C=O) groups excluding carboxylic acids is 5. The Balaban J connectivity index is 0.000000218. The van der Waals surface area contributed by atoms with Gasteiger partial charge in [-0.1, -0.05) is 108 Å². The Morgan fingerprint density at radius 1 is 0.649 bits per heavy atom. The predicted molar refractivity (Wildman–Crippen MR) is 348 cm³/mol. The van der Waals surface area contributed by atoms with Gasteiger partial charge >= 0.3 is 12.4 Å². The lowest BCUT2D eigenvalue weighted by Gasteiger charge is -2.38. The molecule has 17 nitrogen and oxygen atoms in total. The number of anilines is 2. The lowest BCUT2D eigenvalue weighted by atomic mass is 9.80. The Morgan fingerprint density at radius 3 is 1.50 bits per heavy atom. The summed E-state index contributed by atoms with van der Waals surface area (Å²) in [4.78, 5) is 73.7.